The molecule has 0 radical (unpaired) electrons. The van der Waals surface area contributed by atoms with Crippen LogP contribution in [0.25, 0.3) is 0 Å². The molecule has 2 aromatic rings. The summed E-state index contributed by atoms with van der Waals surface area (Å²) in [6.45, 7) is 0. The number of hydrogen-bond donors (Lipinski definition) is 1. The first-order valence-electron chi connectivity index (χ1n) is 4.33. The first kappa shape index (κ1) is 9.62. The van der Waals surface area contributed by atoms with Crippen LogP contribution in [0.5, 0.6) is 0 Å². The molecular weight excluding hydrogens is 208 g/mol. The molecule has 0 bridgehead atoms. The molecule has 0 spiro atoms. The fourth-order valence-corrected chi connectivity index (χ4v) is 2.13. The fourth-order valence-electron chi connectivity index (χ4n) is 1.23. The highest BCUT2D eigenvalue weighted by atomic mass is 32.1. The van der Waals surface area contributed by atoms with E-state index < -0.39 is 0 Å². The third-order valence-corrected chi connectivity index (χ3v) is 2.87. The molecule has 2 N–H and O–H groups in total. The number of nitrogen functional groups attached to an aromatic ring is 1. The summed E-state index contributed by atoms with van der Waals surface area (Å²) in [5, 5.41) is 9.31. The number of anilines is 1. The van der Waals surface area contributed by atoms with Crippen LogP contribution in [-0.4, -0.2) is 9.97 Å². The van der Waals surface area contributed by atoms with Crippen molar-refractivity contribution in [2.24, 2.45) is 0 Å². The lowest BCUT2D eigenvalue weighted by Gasteiger charge is -1.94. The molecule has 5 heteroatoms. The van der Waals surface area contributed by atoms with E-state index in [1.54, 1.807) is 24.7 Å². The van der Waals surface area contributed by atoms with Crippen molar-refractivity contribution in [1.82, 2.24) is 9.97 Å². The number of nitriles is 1. The Morgan fingerprint density at radius 3 is 2.93 bits per heavy atom. The second kappa shape index (κ2) is 4.07. The van der Waals surface area contributed by atoms with Crippen molar-refractivity contribution in [3.63, 3.8) is 0 Å². The van der Waals surface area contributed by atoms with E-state index in [1.807, 2.05) is 0 Å². The van der Waals surface area contributed by atoms with Crippen LogP contribution in [0.1, 0.15) is 16.1 Å². The number of nitrogens with two attached hydrogens (primary N) is 1. The van der Waals surface area contributed by atoms with E-state index in [-0.39, 0.29) is 0 Å². The molecule has 0 aliphatic carbocycles. The predicted octanol–water partition coefficient (Wildman–Crippen LogP) is 1.58. The van der Waals surface area contributed by atoms with Gasteiger partial charge < -0.3 is 5.73 Å². The van der Waals surface area contributed by atoms with E-state index in [1.165, 1.54) is 11.3 Å². The highest BCUT2D eigenvalue weighted by molar-refractivity contribution is 7.16. The Hall–Kier alpha value is -1.93. The fraction of sp³-hybridized carbons (Fsp3) is 0.100. The van der Waals surface area contributed by atoms with Crippen LogP contribution in [0.2, 0.25) is 0 Å². The topological polar surface area (TPSA) is 75.6 Å². The molecule has 2 heterocycles. The highest BCUT2D eigenvalue weighted by Gasteiger charge is 2.06. The van der Waals surface area contributed by atoms with Gasteiger partial charge in [-0.1, -0.05) is 0 Å². The van der Waals surface area contributed by atoms with Crippen molar-refractivity contribution in [2.75, 3.05) is 5.73 Å². The molecule has 0 saturated heterocycles. The Morgan fingerprint density at radius 2 is 2.33 bits per heavy atom. The van der Waals surface area contributed by atoms with Crippen LogP contribution in [0.4, 0.5) is 5.00 Å². The predicted molar refractivity (Wildman–Crippen MR) is 58.3 cm³/mol. The number of rotatable bonds is 2. The van der Waals surface area contributed by atoms with Crippen LogP contribution in [0.15, 0.2) is 24.7 Å². The molecule has 0 amide bonds. The van der Waals surface area contributed by atoms with Gasteiger partial charge in [-0.15, -0.1) is 11.3 Å². The van der Waals surface area contributed by atoms with Gasteiger partial charge in [-0.2, -0.15) is 5.26 Å². The summed E-state index contributed by atoms with van der Waals surface area (Å²) < 4.78 is 0. The maximum atomic E-state index is 8.75. The van der Waals surface area contributed by atoms with E-state index in [4.69, 9.17) is 11.0 Å². The zero-order chi connectivity index (χ0) is 10.7. The molecule has 4 nitrogen and oxygen atoms in total. The maximum absolute atomic E-state index is 8.75. The van der Waals surface area contributed by atoms with E-state index in [0.29, 0.717) is 17.0 Å². The normalized spacial score (nSPS) is 9.80. The summed E-state index contributed by atoms with van der Waals surface area (Å²) >= 11 is 1.42. The molecule has 0 aromatic carbocycles. The zero-order valence-electron chi connectivity index (χ0n) is 7.84. The largest absolute Gasteiger partial charge is 0.389 e. The van der Waals surface area contributed by atoms with Crippen LogP contribution >= 0.6 is 11.3 Å². The van der Waals surface area contributed by atoms with Crippen LogP contribution in [0.3, 0.4) is 0 Å². The number of nitrogens with zero attached hydrogens (tertiary/aromatic N) is 3. The number of thiophene rings is 1. The van der Waals surface area contributed by atoms with Gasteiger partial charge in [0.05, 0.1) is 11.3 Å². The Kier molecular flexibility index (Phi) is 2.61. The van der Waals surface area contributed by atoms with Gasteiger partial charge in [0, 0.05) is 29.9 Å². The summed E-state index contributed by atoms with van der Waals surface area (Å²) in [5.74, 6) is 0. The van der Waals surface area contributed by atoms with E-state index in [2.05, 4.69) is 16.0 Å². The van der Waals surface area contributed by atoms with Crippen molar-refractivity contribution in [2.45, 2.75) is 6.42 Å². The first-order chi connectivity index (χ1) is 7.29. The molecule has 2 rings (SSSR count). The molecule has 0 aliphatic rings. The first-order valence-corrected chi connectivity index (χ1v) is 5.14. The van der Waals surface area contributed by atoms with Crippen molar-refractivity contribution in [3.05, 3.63) is 40.8 Å². The minimum Gasteiger partial charge on any atom is -0.389 e. The lowest BCUT2D eigenvalue weighted by atomic mass is 10.2. The lowest BCUT2D eigenvalue weighted by Crippen LogP contribution is -1.89. The minimum atomic E-state index is 0.541. The molecule has 0 unspecified atom stereocenters. The molecule has 15 heavy (non-hydrogen) atoms. The smallest absolute Gasteiger partial charge is 0.104 e. The molecule has 0 fully saturated rings. The standard InChI is InChI=1S/C10H8N4S/c11-5-7-3-9(15-10(7)12)4-8-6-13-1-2-14-8/h1-3,6H,4,12H2. The van der Waals surface area contributed by atoms with Crippen LogP contribution in [-0.2, 0) is 6.42 Å². The summed E-state index contributed by atoms with van der Waals surface area (Å²) in [6, 6.07) is 3.85. The van der Waals surface area contributed by atoms with Gasteiger partial charge in [-0.25, -0.2) is 0 Å². The van der Waals surface area contributed by atoms with Gasteiger partial charge in [0.2, 0.25) is 0 Å². The van der Waals surface area contributed by atoms with Gasteiger partial charge in [0.15, 0.2) is 0 Å². The number of hydrogen-bond acceptors (Lipinski definition) is 5. The van der Waals surface area contributed by atoms with Gasteiger partial charge >= 0.3 is 0 Å². The molecule has 74 valence electrons. The van der Waals surface area contributed by atoms with Crippen LogP contribution < -0.4 is 5.73 Å². The third-order valence-electron chi connectivity index (χ3n) is 1.90. The Balaban J connectivity index is 2.23. The average molecular weight is 216 g/mol. The van der Waals surface area contributed by atoms with Crippen molar-refractivity contribution >= 4 is 16.3 Å². The van der Waals surface area contributed by atoms with E-state index in [0.717, 1.165) is 10.6 Å². The molecule has 2 aromatic heterocycles. The summed E-state index contributed by atoms with van der Waals surface area (Å²) in [7, 11) is 0. The maximum Gasteiger partial charge on any atom is 0.104 e. The minimum absolute atomic E-state index is 0.541. The third kappa shape index (κ3) is 2.11. The van der Waals surface area contributed by atoms with E-state index >= 15 is 0 Å². The van der Waals surface area contributed by atoms with Crippen LogP contribution in [0, 0.1) is 11.3 Å². The molecule has 0 atom stereocenters. The van der Waals surface area contributed by atoms with Crippen molar-refractivity contribution in [1.29, 1.82) is 5.26 Å². The van der Waals surface area contributed by atoms with Gasteiger partial charge in [-0.05, 0) is 6.07 Å². The van der Waals surface area contributed by atoms with E-state index in [9.17, 15) is 0 Å². The Labute approximate surface area is 91.0 Å². The number of aromatic nitrogens is 2. The monoisotopic (exact) mass is 216 g/mol. The van der Waals surface area contributed by atoms with Gasteiger partial charge in [0.25, 0.3) is 0 Å². The zero-order valence-corrected chi connectivity index (χ0v) is 8.66. The summed E-state index contributed by atoms with van der Waals surface area (Å²) in [4.78, 5) is 9.17. The molecular formula is C10H8N4S. The Morgan fingerprint density at radius 1 is 1.47 bits per heavy atom. The SMILES string of the molecule is N#Cc1cc(Cc2cnccn2)sc1N. The summed E-state index contributed by atoms with van der Waals surface area (Å²) in [5.41, 5.74) is 7.08. The second-order valence-electron chi connectivity index (χ2n) is 2.98. The molecule has 0 aliphatic heterocycles. The quantitative estimate of drug-likeness (QED) is 0.827. The highest BCUT2D eigenvalue weighted by Crippen LogP contribution is 2.25. The molecule has 0 saturated carbocycles. The van der Waals surface area contributed by atoms with Gasteiger partial charge in [-0.3, -0.25) is 9.97 Å². The lowest BCUT2D eigenvalue weighted by molar-refractivity contribution is 1.05. The Bertz CT molecular complexity index is 498. The average Bonchev–Trinajstić information content (AvgIpc) is 2.60. The van der Waals surface area contributed by atoms with Crippen molar-refractivity contribution < 1.29 is 0 Å². The summed E-state index contributed by atoms with van der Waals surface area (Å²) in [6.07, 6.45) is 5.66. The second-order valence-corrected chi connectivity index (χ2v) is 4.14. The van der Waals surface area contributed by atoms with Gasteiger partial charge in [0.1, 0.15) is 11.1 Å². The van der Waals surface area contributed by atoms with Crippen molar-refractivity contribution in [3.8, 4) is 6.07 Å².